The SMILES string of the molecule is CC(C)Oc1ccc2nc(C(F)(F)F)cn2n1. The van der Waals surface area contributed by atoms with Crippen molar-refractivity contribution >= 4 is 5.65 Å². The number of aromatic nitrogens is 3. The van der Waals surface area contributed by atoms with E-state index in [1.807, 2.05) is 0 Å². The third kappa shape index (κ3) is 2.48. The fourth-order valence-electron chi connectivity index (χ4n) is 1.31. The Balaban J connectivity index is 2.41. The number of fused-ring (bicyclic) bond motifs is 1. The molecule has 0 N–H and O–H groups in total. The van der Waals surface area contributed by atoms with Crippen LogP contribution in [0.5, 0.6) is 5.88 Å². The van der Waals surface area contributed by atoms with Crippen LogP contribution in [0.1, 0.15) is 19.5 Å². The van der Waals surface area contributed by atoms with Crippen molar-refractivity contribution in [1.29, 1.82) is 0 Å². The van der Waals surface area contributed by atoms with Gasteiger partial charge in [0.15, 0.2) is 11.3 Å². The molecule has 2 heterocycles. The maximum Gasteiger partial charge on any atom is 0.434 e. The Morgan fingerprint density at radius 3 is 2.59 bits per heavy atom. The van der Waals surface area contributed by atoms with Crippen molar-refractivity contribution in [3.8, 4) is 5.88 Å². The van der Waals surface area contributed by atoms with Gasteiger partial charge in [-0.25, -0.2) is 9.50 Å². The van der Waals surface area contributed by atoms with Crippen molar-refractivity contribution in [2.75, 3.05) is 0 Å². The van der Waals surface area contributed by atoms with Gasteiger partial charge in [0, 0.05) is 6.07 Å². The zero-order valence-corrected chi connectivity index (χ0v) is 9.19. The summed E-state index contributed by atoms with van der Waals surface area (Å²) in [5, 5.41) is 3.88. The van der Waals surface area contributed by atoms with Crippen molar-refractivity contribution in [2.45, 2.75) is 26.1 Å². The van der Waals surface area contributed by atoms with E-state index in [0.29, 0.717) is 0 Å². The Morgan fingerprint density at radius 1 is 1.29 bits per heavy atom. The second-order valence-corrected chi connectivity index (χ2v) is 3.76. The first-order valence-corrected chi connectivity index (χ1v) is 4.96. The van der Waals surface area contributed by atoms with Crippen LogP contribution in [0.4, 0.5) is 13.2 Å². The fourth-order valence-corrected chi connectivity index (χ4v) is 1.31. The first-order chi connectivity index (χ1) is 7.86. The maximum absolute atomic E-state index is 12.4. The summed E-state index contributed by atoms with van der Waals surface area (Å²) in [4.78, 5) is 3.42. The Labute approximate surface area is 95.0 Å². The van der Waals surface area contributed by atoms with Crippen LogP contribution in [-0.4, -0.2) is 20.7 Å². The summed E-state index contributed by atoms with van der Waals surface area (Å²) in [6.45, 7) is 3.61. The lowest BCUT2D eigenvalue weighted by atomic mass is 10.5. The molecular formula is C10H10F3N3O. The number of imidazole rings is 1. The molecule has 2 rings (SSSR count). The van der Waals surface area contributed by atoms with Gasteiger partial charge in [0.2, 0.25) is 5.88 Å². The zero-order valence-electron chi connectivity index (χ0n) is 9.19. The molecule has 17 heavy (non-hydrogen) atoms. The monoisotopic (exact) mass is 245 g/mol. The van der Waals surface area contributed by atoms with E-state index >= 15 is 0 Å². The number of hydrogen-bond acceptors (Lipinski definition) is 3. The van der Waals surface area contributed by atoms with Gasteiger partial charge in [0.25, 0.3) is 0 Å². The highest BCUT2D eigenvalue weighted by molar-refractivity contribution is 5.40. The minimum absolute atomic E-state index is 0.0921. The molecule has 0 saturated heterocycles. The predicted molar refractivity (Wildman–Crippen MR) is 53.8 cm³/mol. The summed E-state index contributed by atoms with van der Waals surface area (Å²) >= 11 is 0. The molecule has 2 aromatic heterocycles. The Kier molecular flexibility index (Phi) is 2.68. The lowest BCUT2D eigenvalue weighted by Crippen LogP contribution is -2.08. The Hall–Kier alpha value is -1.79. The van der Waals surface area contributed by atoms with Gasteiger partial charge in [-0.15, -0.1) is 5.10 Å². The van der Waals surface area contributed by atoms with E-state index < -0.39 is 11.9 Å². The van der Waals surface area contributed by atoms with Crippen LogP contribution in [0, 0.1) is 0 Å². The highest BCUT2D eigenvalue weighted by Crippen LogP contribution is 2.28. The molecule has 0 radical (unpaired) electrons. The Bertz CT molecular complexity index is 533. The molecule has 2 aromatic rings. The molecule has 92 valence electrons. The van der Waals surface area contributed by atoms with Crippen LogP contribution >= 0.6 is 0 Å². The maximum atomic E-state index is 12.4. The molecule has 0 aliphatic heterocycles. The second kappa shape index (κ2) is 3.90. The molecular weight excluding hydrogens is 235 g/mol. The molecule has 0 aromatic carbocycles. The first kappa shape index (κ1) is 11.7. The lowest BCUT2D eigenvalue weighted by molar-refractivity contribution is -0.140. The second-order valence-electron chi connectivity index (χ2n) is 3.76. The van der Waals surface area contributed by atoms with E-state index in [1.54, 1.807) is 13.8 Å². The van der Waals surface area contributed by atoms with E-state index in [2.05, 4.69) is 10.1 Å². The molecule has 0 unspecified atom stereocenters. The lowest BCUT2D eigenvalue weighted by Gasteiger charge is -2.07. The van der Waals surface area contributed by atoms with Crippen LogP contribution in [0.2, 0.25) is 0 Å². The van der Waals surface area contributed by atoms with Crippen LogP contribution in [0.25, 0.3) is 5.65 Å². The van der Waals surface area contributed by atoms with Gasteiger partial charge in [-0.2, -0.15) is 13.2 Å². The van der Waals surface area contributed by atoms with Crippen molar-refractivity contribution in [3.63, 3.8) is 0 Å². The molecule has 0 atom stereocenters. The summed E-state index contributed by atoms with van der Waals surface area (Å²) in [6.07, 6.45) is -3.72. The average Bonchev–Trinajstić information content (AvgIpc) is 2.58. The third-order valence-corrected chi connectivity index (χ3v) is 1.94. The largest absolute Gasteiger partial charge is 0.474 e. The third-order valence-electron chi connectivity index (χ3n) is 1.94. The van der Waals surface area contributed by atoms with Gasteiger partial charge in [-0.3, -0.25) is 0 Å². The van der Waals surface area contributed by atoms with Crippen molar-refractivity contribution in [1.82, 2.24) is 14.6 Å². The quantitative estimate of drug-likeness (QED) is 0.816. The summed E-state index contributed by atoms with van der Waals surface area (Å²) in [7, 11) is 0. The van der Waals surface area contributed by atoms with Crippen molar-refractivity contribution in [2.24, 2.45) is 0 Å². The molecule has 4 nitrogen and oxygen atoms in total. The van der Waals surface area contributed by atoms with Gasteiger partial charge in [-0.05, 0) is 19.9 Å². The number of hydrogen-bond donors (Lipinski definition) is 0. The first-order valence-electron chi connectivity index (χ1n) is 4.96. The molecule has 0 fully saturated rings. The number of alkyl halides is 3. The fraction of sp³-hybridized carbons (Fsp3) is 0.400. The zero-order chi connectivity index (χ0) is 12.6. The summed E-state index contributed by atoms with van der Waals surface area (Å²) in [6, 6.07) is 2.92. The smallest absolute Gasteiger partial charge is 0.434 e. The molecule has 0 aliphatic rings. The van der Waals surface area contributed by atoms with Crippen LogP contribution in [0.15, 0.2) is 18.3 Å². The number of ether oxygens (including phenoxy) is 1. The standard InChI is InChI=1S/C10H10F3N3O/c1-6(2)17-9-4-3-8-14-7(10(11,12)13)5-16(8)15-9/h3-6H,1-2H3. The van der Waals surface area contributed by atoms with Gasteiger partial charge in [0.05, 0.1) is 12.3 Å². The molecule has 0 saturated carbocycles. The summed E-state index contributed by atoms with van der Waals surface area (Å²) in [5.41, 5.74) is -0.833. The highest BCUT2D eigenvalue weighted by Gasteiger charge is 2.34. The van der Waals surface area contributed by atoms with Gasteiger partial charge in [0.1, 0.15) is 0 Å². The van der Waals surface area contributed by atoms with E-state index in [4.69, 9.17) is 4.74 Å². The van der Waals surface area contributed by atoms with Crippen LogP contribution in [-0.2, 0) is 6.18 Å². The van der Waals surface area contributed by atoms with Gasteiger partial charge < -0.3 is 4.74 Å². The normalized spacial score (nSPS) is 12.4. The number of halogens is 3. The number of rotatable bonds is 2. The van der Waals surface area contributed by atoms with E-state index in [9.17, 15) is 13.2 Å². The van der Waals surface area contributed by atoms with E-state index in [-0.39, 0.29) is 17.6 Å². The highest BCUT2D eigenvalue weighted by atomic mass is 19.4. The summed E-state index contributed by atoms with van der Waals surface area (Å²) in [5.74, 6) is 0.263. The van der Waals surface area contributed by atoms with Crippen LogP contribution < -0.4 is 4.74 Å². The minimum Gasteiger partial charge on any atom is -0.474 e. The van der Waals surface area contributed by atoms with Crippen LogP contribution in [0.3, 0.4) is 0 Å². The topological polar surface area (TPSA) is 39.4 Å². The average molecular weight is 245 g/mol. The Morgan fingerprint density at radius 2 is 2.00 bits per heavy atom. The molecule has 0 bridgehead atoms. The van der Waals surface area contributed by atoms with Crippen molar-refractivity contribution < 1.29 is 17.9 Å². The van der Waals surface area contributed by atoms with E-state index in [0.717, 1.165) is 10.7 Å². The molecule has 0 amide bonds. The summed E-state index contributed by atoms with van der Waals surface area (Å²) < 4.78 is 43.5. The number of nitrogens with zero attached hydrogens (tertiary/aromatic N) is 3. The van der Waals surface area contributed by atoms with E-state index in [1.165, 1.54) is 12.1 Å². The molecule has 7 heteroatoms. The van der Waals surface area contributed by atoms with Crippen molar-refractivity contribution in [3.05, 3.63) is 24.0 Å². The predicted octanol–water partition coefficient (Wildman–Crippen LogP) is 2.54. The van der Waals surface area contributed by atoms with Gasteiger partial charge >= 0.3 is 6.18 Å². The molecule has 0 spiro atoms. The minimum atomic E-state index is -4.47. The van der Waals surface area contributed by atoms with Gasteiger partial charge in [-0.1, -0.05) is 0 Å². The molecule has 0 aliphatic carbocycles.